The van der Waals surface area contributed by atoms with Crippen molar-refractivity contribution in [2.75, 3.05) is 45.0 Å². The van der Waals surface area contributed by atoms with Gasteiger partial charge in [-0.1, -0.05) is 31.4 Å². The molecule has 1 aromatic heterocycles. The van der Waals surface area contributed by atoms with E-state index in [0.717, 1.165) is 35.1 Å². The Morgan fingerprint density at radius 2 is 1.71 bits per heavy atom. The van der Waals surface area contributed by atoms with Crippen LogP contribution in [0.3, 0.4) is 0 Å². The third kappa shape index (κ3) is 5.06. The van der Waals surface area contributed by atoms with Crippen molar-refractivity contribution in [1.82, 2.24) is 15.3 Å². The van der Waals surface area contributed by atoms with Crippen molar-refractivity contribution in [3.8, 4) is 0 Å². The van der Waals surface area contributed by atoms with E-state index < -0.39 is 0 Å². The number of para-hydroxylation sites is 1. The lowest BCUT2D eigenvalue weighted by atomic mass is 9.89. The average molecular weight is 329 g/mol. The standard InChI is InChI=1S/C17H24N4.C2H7N/c1-21(2)16-14-10-6-7-11-15(14)19-17(20-16)18-12-13-8-4-3-5-9-13;1-3-2/h6-7,10-11,13H,3-5,8-9,12H2,1-2H3,(H,18,19,20);3H,1-2H3. The zero-order valence-electron chi connectivity index (χ0n) is 15.5. The van der Waals surface area contributed by atoms with Gasteiger partial charge in [0.05, 0.1) is 5.52 Å². The minimum Gasteiger partial charge on any atom is -0.362 e. The molecule has 132 valence electrons. The van der Waals surface area contributed by atoms with Crippen LogP contribution >= 0.6 is 0 Å². The Kier molecular flexibility index (Phi) is 7.25. The maximum absolute atomic E-state index is 4.69. The van der Waals surface area contributed by atoms with Crippen LogP contribution in [0.2, 0.25) is 0 Å². The summed E-state index contributed by atoms with van der Waals surface area (Å²) in [5.41, 5.74) is 1.00. The molecule has 1 aliphatic rings. The number of nitrogens with one attached hydrogen (secondary N) is 2. The first-order valence-electron chi connectivity index (χ1n) is 8.92. The van der Waals surface area contributed by atoms with E-state index in [1.54, 1.807) is 0 Å². The Bertz CT molecular complexity index is 620. The van der Waals surface area contributed by atoms with E-state index in [2.05, 4.69) is 37.6 Å². The van der Waals surface area contributed by atoms with E-state index in [0.29, 0.717) is 0 Å². The van der Waals surface area contributed by atoms with Crippen molar-refractivity contribution < 1.29 is 0 Å². The number of hydrogen-bond acceptors (Lipinski definition) is 5. The Hall–Kier alpha value is -1.88. The van der Waals surface area contributed by atoms with Crippen molar-refractivity contribution in [3.05, 3.63) is 24.3 Å². The first-order valence-corrected chi connectivity index (χ1v) is 8.92. The average Bonchev–Trinajstić information content (AvgIpc) is 2.60. The fourth-order valence-corrected chi connectivity index (χ4v) is 3.11. The largest absolute Gasteiger partial charge is 0.362 e. The van der Waals surface area contributed by atoms with Gasteiger partial charge in [-0.3, -0.25) is 0 Å². The molecule has 0 radical (unpaired) electrons. The molecule has 0 amide bonds. The Labute approximate surface area is 145 Å². The molecule has 5 heteroatoms. The predicted molar refractivity (Wildman–Crippen MR) is 104 cm³/mol. The van der Waals surface area contributed by atoms with Crippen LogP contribution in [0.25, 0.3) is 10.9 Å². The van der Waals surface area contributed by atoms with Crippen LogP contribution < -0.4 is 15.5 Å². The van der Waals surface area contributed by atoms with E-state index in [9.17, 15) is 0 Å². The van der Waals surface area contributed by atoms with E-state index in [1.807, 2.05) is 40.3 Å². The summed E-state index contributed by atoms with van der Waals surface area (Å²) in [6, 6.07) is 8.19. The van der Waals surface area contributed by atoms with Gasteiger partial charge in [0.2, 0.25) is 5.95 Å². The first-order chi connectivity index (χ1) is 11.7. The zero-order valence-corrected chi connectivity index (χ0v) is 15.5. The van der Waals surface area contributed by atoms with E-state index >= 15 is 0 Å². The maximum Gasteiger partial charge on any atom is 0.225 e. The van der Waals surface area contributed by atoms with E-state index in [1.165, 1.54) is 32.1 Å². The monoisotopic (exact) mass is 329 g/mol. The number of nitrogens with zero attached hydrogens (tertiary/aromatic N) is 3. The summed E-state index contributed by atoms with van der Waals surface area (Å²) < 4.78 is 0. The molecular formula is C19H31N5. The molecule has 2 aromatic rings. The highest BCUT2D eigenvalue weighted by Crippen LogP contribution is 2.26. The molecule has 0 unspecified atom stereocenters. The molecule has 1 aromatic carbocycles. The molecule has 0 saturated heterocycles. The third-order valence-corrected chi connectivity index (χ3v) is 4.28. The van der Waals surface area contributed by atoms with Crippen molar-refractivity contribution in [3.63, 3.8) is 0 Å². The molecule has 1 fully saturated rings. The normalized spacial score (nSPS) is 14.8. The van der Waals surface area contributed by atoms with Gasteiger partial charge in [0.25, 0.3) is 0 Å². The van der Waals surface area contributed by atoms with Gasteiger partial charge < -0.3 is 15.5 Å². The van der Waals surface area contributed by atoms with Gasteiger partial charge in [-0.15, -0.1) is 0 Å². The summed E-state index contributed by atoms with van der Waals surface area (Å²) in [6.45, 7) is 0.991. The molecule has 1 aliphatic carbocycles. The van der Waals surface area contributed by atoms with Gasteiger partial charge in [-0.2, -0.15) is 4.98 Å². The Morgan fingerprint density at radius 3 is 2.38 bits per heavy atom. The molecule has 2 N–H and O–H groups in total. The van der Waals surface area contributed by atoms with E-state index in [-0.39, 0.29) is 0 Å². The van der Waals surface area contributed by atoms with Crippen molar-refractivity contribution in [1.29, 1.82) is 0 Å². The minimum atomic E-state index is 0.753. The molecule has 24 heavy (non-hydrogen) atoms. The smallest absolute Gasteiger partial charge is 0.225 e. The molecule has 5 nitrogen and oxygen atoms in total. The van der Waals surface area contributed by atoms with Crippen LogP contribution in [0.5, 0.6) is 0 Å². The van der Waals surface area contributed by atoms with Gasteiger partial charge in [-0.25, -0.2) is 4.98 Å². The van der Waals surface area contributed by atoms with Crippen LogP contribution in [0.4, 0.5) is 11.8 Å². The molecule has 1 saturated carbocycles. The summed E-state index contributed by atoms with van der Waals surface area (Å²) in [7, 11) is 7.80. The van der Waals surface area contributed by atoms with Crippen LogP contribution in [-0.2, 0) is 0 Å². The molecule has 0 aliphatic heterocycles. The summed E-state index contributed by atoms with van der Waals surface area (Å²) in [4.78, 5) is 11.4. The van der Waals surface area contributed by atoms with Crippen LogP contribution in [0.15, 0.2) is 24.3 Å². The molecule has 3 rings (SSSR count). The van der Waals surface area contributed by atoms with Gasteiger partial charge in [0.1, 0.15) is 5.82 Å². The quantitative estimate of drug-likeness (QED) is 0.899. The van der Waals surface area contributed by atoms with Gasteiger partial charge in [-0.05, 0) is 45.0 Å². The highest BCUT2D eigenvalue weighted by molar-refractivity contribution is 5.90. The second kappa shape index (κ2) is 9.42. The summed E-state index contributed by atoms with van der Waals surface area (Å²) in [5, 5.41) is 7.31. The lowest BCUT2D eigenvalue weighted by Gasteiger charge is -2.22. The Balaban J connectivity index is 0.000000647. The first kappa shape index (κ1) is 18.5. The Morgan fingerprint density at radius 1 is 1.04 bits per heavy atom. The highest BCUT2D eigenvalue weighted by atomic mass is 15.2. The summed E-state index contributed by atoms with van der Waals surface area (Å²) >= 11 is 0. The van der Waals surface area contributed by atoms with Gasteiger partial charge >= 0.3 is 0 Å². The fraction of sp³-hybridized carbons (Fsp3) is 0.579. The van der Waals surface area contributed by atoms with Crippen molar-refractivity contribution in [2.24, 2.45) is 5.92 Å². The number of rotatable bonds is 4. The van der Waals surface area contributed by atoms with Crippen LogP contribution in [0, 0.1) is 5.92 Å². The van der Waals surface area contributed by atoms with Gasteiger partial charge in [0, 0.05) is 26.0 Å². The zero-order chi connectivity index (χ0) is 17.4. The molecule has 0 atom stereocenters. The lowest BCUT2D eigenvalue weighted by molar-refractivity contribution is 0.373. The van der Waals surface area contributed by atoms with Crippen molar-refractivity contribution in [2.45, 2.75) is 32.1 Å². The van der Waals surface area contributed by atoms with Crippen molar-refractivity contribution >= 4 is 22.7 Å². The molecular weight excluding hydrogens is 298 g/mol. The number of benzene rings is 1. The van der Waals surface area contributed by atoms with Gasteiger partial charge in [0.15, 0.2) is 0 Å². The fourth-order valence-electron chi connectivity index (χ4n) is 3.11. The number of hydrogen-bond donors (Lipinski definition) is 2. The topological polar surface area (TPSA) is 53.1 Å². The second-order valence-corrected chi connectivity index (χ2v) is 6.67. The summed E-state index contributed by atoms with van der Waals surface area (Å²) in [6.07, 6.45) is 6.80. The maximum atomic E-state index is 4.69. The SMILES string of the molecule is CN(C)c1nc(NCC2CCCCC2)nc2ccccc12.CNC. The lowest BCUT2D eigenvalue weighted by Crippen LogP contribution is -2.19. The summed E-state index contributed by atoms with van der Waals surface area (Å²) in [5.74, 6) is 2.51. The van der Waals surface area contributed by atoms with Crippen LogP contribution in [-0.4, -0.2) is 44.7 Å². The predicted octanol–water partition coefficient (Wildman–Crippen LogP) is 3.52. The number of aromatic nitrogens is 2. The van der Waals surface area contributed by atoms with E-state index in [4.69, 9.17) is 0 Å². The second-order valence-electron chi connectivity index (χ2n) is 6.67. The number of anilines is 2. The molecule has 0 spiro atoms. The highest BCUT2D eigenvalue weighted by Gasteiger charge is 2.14. The molecule has 0 bridgehead atoms. The molecule has 1 heterocycles. The van der Waals surface area contributed by atoms with Crippen LogP contribution in [0.1, 0.15) is 32.1 Å². The third-order valence-electron chi connectivity index (χ3n) is 4.28. The number of fused-ring (bicyclic) bond motifs is 1. The minimum absolute atomic E-state index is 0.753.